The van der Waals surface area contributed by atoms with Crippen molar-refractivity contribution in [3.8, 4) is 0 Å². The zero-order chi connectivity index (χ0) is 18.1. The van der Waals surface area contributed by atoms with Gasteiger partial charge in [-0.25, -0.2) is 0 Å². The van der Waals surface area contributed by atoms with Crippen molar-refractivity contribution >= 4 is 11.6 Å². The summed E-state index contributed by atoms with van der Waals surface area (Å²) < 4.78 is 16.4. The Balaban J connectivity index is 1.78. The molecular weight excluding hydrogens is 320 g/mol. The van der Waals surface area contributed by atoms with Crippen LogP contribution in [0.3, 0.4) is 0 Å². The normalized spacial score (nSPS) is 16.8. The summed E-state index contributed by atoms with van der Waals surface area (Å²) in [5, 5.41) is 2.91. The molecule has 0 spiro atoms. The molecule has 1 aromatic carbocycles. The Labute approximate surface area is 150 Å². The van der Waals surface area contributed by atoms with Crippen LogP contribution in [0.15, 0.2) is 24.3 Å². The molecule has 0 radical (unpaired) electrons. The predicted molar refractivity (Wildman–Crippen MR) is 97.3 cm³/mol. The first-order valence-corrected chi connectivity index (χ1v) is 8.98. The number of ether oxygens (including phenoxy) is 3. The fourth-order valence-electron chi connectivity index (χ4n) is 2.79. The number of anilines is 1. The van der Waals surface area contributed by atoms with Crippen LogP contribution < -0.4 is 11.1 Å². The number of amides is 1. The first-order valence-electron chi connectivity index (χ1n) is 8.98. The van der Waals surface area contributed by atoms with Crippen LogP contribution in [-0.4, -0.2) is 44.5 Å². The SMILES string of the molecule is CC(C)OCCOCc1cccc(NC(=O)C(N)C2CCOCC2)c1. The van der Waals surface area contributed by atoms with E-state index in [0.717, 1.165) is 24.1 Å². The highest BCUT2D eigenvalue weighted by molar-refractivity contribution is 5.94. The molecule has 1 atom stereocenters. The first-order chi connectivity index (χ1) is 12.1. The van der Waals surface area contributed by atoms with E-state index in [-0.39, 0.29) is 17.9 Å². The van der Waals surface area contributed by atoms with Crippen molar-refractivity contribution < 1.29 is 19.0 Å². The van der Waals surface area contributed by atoms with Gasteiger partial charge in [0.25, 0.3) is 0 Å². The van der Waals surface area contributed by atoms with Crippen molar-refractivity contribution in [2.24, 2.45) is 11.7 Å². The molecule has 25 heavy (non-hydrogen) atoms. The lowest BCUT2D eigenvalue weighted by Gasteiger charge is -2.26. The molecule has 6 nitrogen and oxygen atoms in total. The molecular formula is C19H30N2O4. The van der Waals surface area contributed by atoms with Crippen LogP contribution >= 0.6 is 0 Å². The second-order valence-electron chi connectivity index (χ2n) is 6.64. The van der Waals surface area contributed by atoms with Crippen molar-refractivity contribution in [3.63, 3.8) is 0 Å². The van der Waals surface area contributed by atoms with Crippen molar-refractivity contribution in [3.05, 3.63) is 29.8 Å². The highest BCUT2D eigenvalue weighted by Crippen LogP contribution is 2.19. The summed E-state index contributed by atoms with van der Waals surface area (Å²) in [4.78, 5) is 12.4. The van der Waals surface area contributed by atoms with Gasteiger partial charge in [0.2, 0.25) is 5.91 Å². The summed E-state index contributed by atoms with van der Waals surface area (Å²) in [5.74, 6) is 0.0384. The van der Waals surface area contributed by atoms with E-state index < -0.39 is 6.04 Å². The molecule has 140 valence electrons. The van der Waals surface area contributed by atoms with Crippen LogP contribution in [0.25, 0.3) is 0 Å². The molecule has 1 amide bonds. The van der Waals surface area contributed by atoms with Gasteiger partial charge in [-0.3, -0.25) is 4.79 Å². The Morgan fingerprint density at radius 2 is 2.08 bits per heavy atom. The maximum Gasteiger partial charge on any atom is 0.241 e. The third-order valence-corrected chi connectivity index (χ3v) is 4.22. The van der Waals surface area contributed by atoms with Gasteiger partial charge in [-0.15, -0.1) is 0 Å². The van der Waals surface area contributed by atoms with Gasteiger partial charge in [-0.2, -0.15) is 0 Å². The van der Waals surface area contributed by atoms with E-state index >= 15 is 0 Å². The van der Waals surface area contributed by atoms with Crippen molar-refractivity contribution in [1.82, 2.24) is 0 Å². The molecule has 1 fully saturated rings. The van der Waals surface area contributed by atoms with E-state index in [2.05, 4.69) is 5.32 Å². The zero-order valence-electron chi connectivity index (χ0n) is 15.2. The minimum atomic E-state index is -0.503. The molecule has 3 N–H and O–H groups in total. The second-order valence-corrected chi connectivity index (χ2v) is 6.64. The van der Waals surface area contributed by atoms with Crippen LogP contribution in [0.5, 0.6) is 0 Å². The molecule has 1 unspecified atom stereocenters. The smallest absolute Gasteiger partial charge is 0.241 e. The monoisotopic (exact) mass is 350 g/mol. The molecule has 0 saturated carbocycles. The second kappa shape index (κ2) is 10.5. The Hall–Kier alpha value is -1.47. The zero-order valence-corrected chi connectivity index (χ0v) is 15.2. The van der Waals surface area contributed by atoms with Gasteiger partial charge in [-0.05, 0) is 50.3 Å². The summed E-state index contributed by atoms with van der Waals surface area (Å²) in [6, 6.07) is 7.14. The highest BCUT2D eigenvalue weighted by Gasteiger charge is 2.26. The maximum atomic E-state index is 12.4. The Morgan fingerprint density at radius 3 is 2.80 bits per heavy atom. The van der Waals surface area contributed by atoms with Gasteiger partial charge in [0.05, 0.1) is 32.0 Å². The van der Waals surface area contributed by atoms with Gasteiger partial charge >= 0.3 is 0 Å². The van der Waals surface area contributed by atoms with E-state index in [1.807, 2.05) is 38.1 Å². The van der Waals surface area contributed by atoms with Crippen molar-refractivity contribution in [1.29, 1.82) is 0 Å². The lowest BCUT2D eigenvalue weighted by atomic mass is 9.92. The number of nitrogens with two attached hydrogens (primary N) is 1. The number of benzene rings is 1. The first kappa shape index (κ1) is 19.8. The van der Waals surface area contributed by atoms with E-state index in [9.17, 15) is 4.79 Å². The largest absolute Gasteiger partial charge is 0.381 e. The number of rotatable bonds is 9. The maximum absolute atomic E-state index is 12.4. The molecule has 1 aliphatic rings. The van der Waals surface area contributed by atoms with Gasteiger partial charge in [0, 0.05) is 18.9 Å². The van der Waals surface area contributed by atoms with E-state index in [1.165, 1.54) is 0 Å². The average molecular weight is 350 g/mol. The third kappa shape index (κ3) is 7.12. The van der Waals surface area contributed by atoms with E-state index in [0.29, 0.717) is 33.0 Å². The van der Waals surface area contributed by atoms with Crippen LogP contribution in [0.1, 0.15) is 32.3 Å². The summed E-state index contributed by atoms with van der Waals surface area (Å²) >= 11 is 0. The van der Waals surface area contributed by atoms with Crippen molar-refractivity contribution in [2.75, 3.05) is 31.7 Å². The fourth-order valence-corrected chi connectivity index (χ4v) is 2.79. The van der Waals surface area contributed by atoms with E-state index in [1.54, 1.807) is 0 Å². The summed E-state index contributed by atoms with van der Waals surface area (Å²) in [6.45, 7) is 6.96. The Kier molecular flexibility index (Phi) is 8.34. The molecule has 1 aromatic rings. The minimum absolute atomic E-state index is 0.143. The molecule has 1 saturated heterocycles. The minimum Gasteiger partial charge on any atom is -0.381 e. The van der Waals surface area contributed by atoms with Crippen molar-refractivity contribution in [2.45, 2.75) is 45.4 Å². The van der Waals surface area contributed by atoms with Crippen LogP contribution in [-0.2, 0) is 25.6 Å². The van der Waals surface area contributed by atoms with E-state index in [4.69, 9.17) is 19.9 Å². The summed E-state index contributed by atoms with van der Waals surface area (Å²) in [6.07, 6.45) is 1.88. The Bertz CT molecular complexity index is 530. The number of hydrogen-bond donors (Lipinski definition) is 2. The number of hydrogen-bond acceptors (Lipinski definition) is 5. The molecule has 1 aliphatic heterocycles. The standard InChI is InChI=1S/C19H30N2O4/c1-14(2)25-11-10-24-13-15-4-3-5-17(12-15)21-19(22)18(20)16-6-8-23-9-7-16/h3-5,12,14,16,18H,6-11,13,20H2,1-2H3,(H,21,22). The average Bonchev–Trinajstić information content (AvgIpc) is 2.61. The third-order valence-electron chi connectivity index (χ3n) is 4.22. The predicted octanol–water partition coefficient (Wildman–Crippen LogP) is 2.32. The van der Waals surface area contributed by atoms with Gasteiger partial charge in [-0.1, -0.05) is 12.1 Å². The summed E-state index contributed by atoms with van der Waals surface area (Å²) in [7, 11) is 0. The van der Waals surface area contributed by atoms with Gasteiger partial charge in [0.1, 0.15) is 0 Å². The topological polar surface area (TPSA) is 82.8 Å². The Morgan fingerprint density at radius 1 is 1.32 bits per heavy atom. The lowest BCUT2D eigenvalue weighted by molar-refractivity contribution is -0.119. The van der Waals surface area contributed by atoms with Gasteiger partial charge in [0.15, 0.2) is 0 Å². The van der Waals surface area contributed by atoms with Crippen LogP contribution in [0, 0.1) is 5.92 Å². The number of nitrogens with one attached hydrogen (secondary N) is 1. The molecule has 0 bridgehead atoms. The molecule has 0 aliphatic carbocycles. The highest BCUT2D eigenvalue weighted by atomic mass is 16.5. The number of carbonyl (C=O) groups excluding carboxylic acids is 1. The molecule has 1 heterocycles. The molecule has 2 rings (SSSR count). The number of carbonyl (C=O) groups is 1. The fraction of sp³-hybridized carbons (Fsp3) is 0.632. The quantitative estimate of drug-likeness (QED) is 0.668. The van der Waals surface area contributed by atoms with Gasteiger partial charge < -0.3 is 25.3 Å². The molecule has 0 aromatic heterocycles. The van der Waals surface area contributed by atoms with Crippen LogP contribution in [0.2, 0.25) is 0 Å². The molecule has 6 heteroatoms. The lowest BCUT2D eigenvalue weighted by Crippen LogP contribution is -2.44. The summed E-state index contributed by atoms with van der Waals surface area (Å²) in [5.41, 5.74) is 7.85. The van der Waals surface area contributed by atoms with Crippen LogP contribution in [0.4, 0.5) is 5.69 Å².